The summed E-state index contributed by atoms with van der Waals surface area (Å²) >= 11 is 1.31. The van der Waals surface area contributed by atoms with Crippen molar-refractivity contribution in [2.75, 3.05) is 12.3 Å². The van der Waals surface area contributed by atoms with Gasteiger partial charge in [0.2, 0.25) is 17.7 Å². The summed E-state index contributed by atoms with van der Waals surface area (Å²) in [6, 6.07) is 0. The molecule has 0 bridgehead atoms. The largest absolute Gasteiger partial charge is 0.350 e. The van der Waals surface area contributed by atoms with Crippen LogP contribution >= 0.6 is 11.8 Å². The van der Waals surface area contributed by atoms with Gasteiger partial charge in [0, 0.05) is 18.5 Å². The van der Waals surface area contributed by atoms with Crippen LogP contribution in [0.3, 0.4) is 0 Å². The van der Waals surface area contributed by atoms with Crippen LogP contribution in [-0.4, -0.2) is 45.7 Å². The van der Waals surface area contributed by atoms with Crippen LogP contribution in [0.2, 0.25) is 0 Å². The zero-order valence-corrected chi connectivity index (χ0v) is 17.5. The fourth-order valence-electron chi connectivity index (χ4n) is 3.72. The van der Waals surface area contributed by atoms with Crippen molar-refractivity contribution in [1.82, 2.24) is 10.2 Å². The van der Waals surface area contributed by atoms with Crippen molar-refractivity contribution in [3.05, 3.63) is 0 Å². The predicted molar refractivity (Wildman–Crippen MR) is 106 cm³/mol. The molecule has 1 aliphatic carbocycles. The average Bonchev–Trinajstić information content (AvgIpc) is 2.89. The van der Waals surface area contributed by atoms with Crippen molar-refractivity contribution >= 4 is 29.5 Å². The molecule has 1 N–H and O–H groups in total. The zero-order valence-electron chi connectivity index (χ0n) is 16.7. The van der Waals surface area contributed by atoms with E-state index < -0.39 is 5.25 Å². The molecule has 1 unspecified atom stereocenters. The van der Waals surface area contributed by atoms with Crippen LogP contribution in [0.1, 0.15) is 72.6 Å². The summed E-state index contributed by atoms with van der Waals surface area (Å²) in [6.45, 7) is 8.98. The Hall–Kier alpha value is -1.04. The van der Waals surface area contributed by atoms with Gasteiger partial charge < -0.3 is 5.32 Å². The Balaban J connectivity index is 1.81. The molecule has 6 heteroatoms. The minimum absolute atomic E-state index is 0.0545. The van der Waals surface area contributed by atoms with Gasteiger partial charge in [-0.1, -0.05) is 33.6 Å². The Morgan fingerprint density at radius 2 is 1.81 bits per heavy atom. The van der Waals surface area contributed by atoms with Gasteiger partial charge in [-0.05, 0) is 44.4 Å². The minimum atomic E-state index is -0.398. The molecule has 0 aromatic rings. The number of thioether (sulfide) groups is 1. The van der Waals surface area contributed by atoms with Gasteiger partial charge in [0.05, 0.1) is 11.0 Å². The number of nitrogens with zero attached hydrogens (tertiary/aromatic N) is 1. The van der Waals surface area contributed by atoms with Crippen LogP contribution in [0, 0.1) is 11.8 Å². The van der Waals surface area contributed by atoms with Crippen LogP contribution in [-0.2, 0) is 14.4 Å². The quantitative estimate of drug-likeness (QED) is 0.654. The van der Waals surface area contributed by atoms with E-state index in [9.17, 15) is 14.4 Å². The Kier molecular flexibility index (Phi) is 7.56. The number of imide groups is 1. The van der Waals surface area contributed by atoms with E-state index >= 15 is 0 Å². The summed E-state index contributed by atoms with van der Waals surface area (Å²) in [5, 5.41) is 2.66. The van der Waals surface area contributed by atoms with Gasteiger partial charge >= 0.3 is 0 Å². The van der Waals surface area contributed by atoms with Crippen LogP contribution in [0.15, 0.2) is 0 Å². The lowest BCUT2D eigenvalue weighted by Crippen LogP contribution is -2.46. The monoisotopic (exact) mass is 382 g/mol. The molecular formula is C20H34N2O3S. The highest BCUT2D eigenvalue weighted by Gasteiger charge is 2.40. The molecule has 1 heterocycles. The highest BCUT2D eigenvalue weighted by atomic mass is 32.2. The Labute approximate surface area is 162 Å². The van der Waals surface area contributed by atoms with E-state index in [0.717, 1.165) is 31.6 Å². The molecule has 148 valence electrons. The topological polar surface area (TPSA) is 66.5 Å². The molecule has 3 amide bonds. The number of likely N-dealkylation sites (tertiary alicyclic amines) is 1. The van der Waals surface area contributed by atoms with Gasteiger partial charge in [-0.2, -0.15) is 0 Å². The van der Waals surface area contributed by atoms with E-state index in [2.05, 4.69) is 26.1 Å². The third-order valence-electron chi connectivity index (χ3n) is 6.20. The summed E-state index contributed by atoms with van der Waals surface area (Å²) in [5.41, 5.74) is -0.197. The van der Waals surface area contributed by atoms with Crippen molar-refractivity contribution in [1.29, 1.82) is 0 Å². The molecule has 0 radical (unpaired) electrons. The SMILES string of the molecule is CCC(C)(CC)NC(=O)CSC1CC(=O)N(CC2CCC(C)CC2)C1=O. The first kappa shape index (κ1) is 21.3. The first-order chi connectivity index (χ1) is 12.3. The van der Waals surface area contributed by atoms with Gasteiger partial charge in [-0.15, -0.1) is 11.8 Å². The third kappa shape index (κ3) is 5.48. The Bertz CT molecular complexity index is 525. The lowest BCUT2D eigenvalue weighted by molar-refractivity contribution is -0.139. The van der Waals surface area contributed by atoms with Crippen molar-refractivity contribution in [3.8, 4) is 0 Å². The van der Waals surface area contributed by atoms with Gasteiger partial charge in [-0.25, -0.2) is 0 Å². The van der Waals surface area contributed by atoms with Gasteiger partial charge in [-0.3, -0.25) is 19.3 Å². The second-order valence-electron chi connectivity index (χ2n) is 8.29. The van der Waals surface area contributed by atoms with E-state index in [0.29, 0.717) is 12.5 Å². The third-order valence-corrected chi connectivity index (χ3v) is 7.40. The number of rotatable bonds is 8. The van der Waals surface area contributed by atoms with Crippen LogP contribution in [0.25, 0.3) is 0 Å². The zero-order chi connectivity index (χ0) is 19.3. The maximum Gasteiger partial charge on any atom is 0.242 e. The van der Waals surface area contributed by atoms with Crippen molar-refractivity contribution in [2.45, 2.75) is 83.4 Å². The molecule has 0 aromatic heterocycles. The van der Waals surface area contributed by atoms with E-state index in [1.165, 1.54) is 29.5 Å². The van der Waals surface area contributed by atoms with E-state index in [1.54, 1.807) is 0 Å². The molecule has 2 fully saturated rings. The summed E-state index contributed by atoms with van der Waals surface area (Å²) in [7, 11) is 0. The Morgan fingerprint density at radius 3 is 2.38 bits per heavy atom. The maximum absolute atomic E-state index is 12.6. The molecule has 1 saturated heterocycles. The lowest BCUT2D eigenvalue weighted by Gasteiger charge is -2.29. The number of nitrogens with one attached hydrogen (secondary N) is 1. The van der Waals surface area contributed by atoms with E-state index in [-0.39, 0.29) is 35.4 Å². The fourth-order valence-corrected chi connectivity index (χ4v) is 4.68. The lowest BCUT2D eigenvalue weighted by atomic mass is 9.83. The van der Waals surface area contributed by atoms with Gasteiger partial charge in [0.1, 0.15) is 0 Å². The maximum atomic E-state index is 12.6. The Morgan fingerprint density at radius 1 is 1.19 bits per heavy atom. The van der Waals surface area contributed by atoms with Crippen molar-refractivity contribution in [2.24, 2.45) is 11.8 Å². The molecule has 1 aliphatic heterocycles. The summed E-state index contributed by atoms with van der Waals surface area (Å²) in [6.07, 6.45) is 6.55. The van der Waals surface area contributed by atoms with Gasteiger partial charge in [0.15, 0.2) is 0 Å². The number of hydrogen-bond acceptors (Lipinski definition) is 4. The smallest absolute Gasteiger partial charge is 0.242 e. The summed E-state index contributed by atoms with van der Waals surface area (Å²) in [5.74, 6) is 1.21. The average molecular weight is 383 g/mol. The first-order valence-electron chi connectivity index (χ1n) is 10.0. The molecule has 2 rings (SSSR count). The van der Waals surface area contributed by atoms with Crippen molar-refractivity contribution in [3.63, 3.8) is 0 Å². The van der Waals surface area contributed by atoms with E-state index in [1.807, 2.05) is 6.92 Å². The number of amides is 3. The van der Waals surface area contributed by atoms with Crippen LogP contribution in [0.4, 0.5) is 0 Å². The van der Waals surface area contributed by atoms with Crippen LogP contribution < -0.4 is 5.32 Å². The molecule has 5 nitrogen and oxygen atoms in total. The molecule has 0 aromatic carbocycles. The molecule has 1 atom stereocenters. The summed E-state index contributed by atoms with van der Waals surface area (Å²) < 4.78 is 0. The molecule has 1 saturated carbocycles. The van der Waals surface area contributed by atoms with E-state index in [4.69, 9.17) is 0 Å². The predicted octanol–water partition coefficient (Wildman–Crippen LogP) is 3.37. The molecule has 26 heavy (non-hydrogen) atoms. The minimum Gasteiger partial charge on any atom is -0.350 e. The molecule has 2 aliphatic rings. The second kappa shape index (κ2) is 9.25. The highest BCUT2D eigenvalue weighted by Crippen LogP contribution is 2.32. The fraction of sp³-hybridized carbons (Fsp3) is 0.850. The number of carbonyl (C=O) groups is 3. The highest BCUT2D eigenvalue weighted by molar-refractivity contribution is 8.01. The number of hydrogen-bond donors (Lipinski definition) is 1. The van der Waals surface area contributed by atoms with Gasteiger partial charge in [0.25, 0.3) is 0 Å². The standard InChI is InChI=1S/C20H34N2O3S/c1-5-20(4,6-2)21-17(23)13-26-16-11-18(24)22(19(16)25)12-15-9-7-14(3)8-10-15/h14-16H,5-13H2,1-4H3,(H,21,23). The first-order valence-corrected chi connectivity index (χ1v) is 11.1. The van der Waals surface area contributed by atoms with Crippen molar-refractivity contribution < 1.29 is 14.4 Å². The number of carbonyl (C=O) groups excluding carboxylic acids is 3. The molecular weight excluding hydrogens is 348 g/mol. The normalized spacial score (nSPS) is 27.1. The van der Waals surface area contributed by atoms with Crippen LogP contribution in [0.5, 0.6) is 0 Å². The summed E-state index contributed by atoms with van der Waals surface area (Å²) in [4.78, 5) is 38.6. The molecule has 0 spiro atoms. The second-order valence-corrected chi connectivity index (χ2v) is 9.48.